The van der Waals surface area contributed by atoms with E-state index in [1.165, 1.54) is 0 Å². The largest absolute Gasteiger partial charge is 0.241 e. The molecule has 0 atom stereocenters. The molecule has 1 aromatic rings. The molecular weight excluding hydrogens is 305 g/mol. The predicted molar refractivity (Wildman–Crippen MR) is 80.7 cm³/mol. The quantitative estimate of drug-likeness (QED) is 0.817. The van der Waals surface area contributed by atoms with Crippen LogP contribution in [0.3, 0.4) is 0 Å². The molecule has 0 bridgehead atoms. The van der Waals surface area contributed by atoms with Gasteiger partial charge in [-0.2, -0.15) is 0 Å². The lowest BCUT2D eigenvalue weighted by molar-refractivity contribution is 0.449. The second-order valence-electron chi connectivity index (χ2n) is 4.78. The molecule has 0 saturated carbocycles. The molecule has 108 valence electrons. The first kappa shape index (κ1) is 16.8. The average Bonchev–Trinajstić information content (AvgIpc) is 2.39. The first-order valence-electron chi connectivity index (χ1n) is 6.03. The summed E-state index contributed by atoms with van der Waals surface area (Å²) in [5.41, 5.74) is 0.787. The van der Waals surface area contributed by atoms with Crippen molar-refractivity contribution < 1.29 is 8.42 Å². The maximum Gasteiger partial charge on any atom is 0.241 e. The van der Waals surface area contributed by atoms with Gasteiger partial charge >= 0.3 is 0 Å². The summed E-state index contributed by atoms with van der Waals surface area (Å²) in [4.78, 5) is 0.278. The number of halogens is 2. The van der Waals surface area contributed by atoms with Gasteiger partial charge in [0.15, 0.2) is 0 Å². The molecular formula is C13H19Cl2NO2S. The van der Waals surface area contributed by atoms with Crippen molar-refractivity contribution in [2.45, 2.75) is 37.6 Å². The highest BCUT2D eigenvalue weighted by molar-refractivity contribution is 7.89. The second kappa shape index (κ2) is 6.44. The molecule has 0 aliphatic heterocycles. The van der Waals surface area contributed by atoms with Crippen LogP contribution in [0.15, 0.2) is 23.1 Å². The molecule has 0 heterocycles. The fraction of sp³-hybridized carbons (Fsp3) is 0.538. The molecule has 0 aliphatic rings. The van der Waals surface area contributed by atoms with Crippen LogP contribution in [0.2, 0.25) is 0 Å². The molecule has 1 rings (SSSR count). The van der Waals surface area contributed by atoms with Crippen LogP contribution in [-0.4, -0.2) is 25.7 Å². The zero-order valence-electron chi connectivity index (χ0n) is 11.3. The molecule has 0 aliphatic carbocycles. The molecule has 0 saturated heterocycles. The van der Waals surface area contributed by atoms with Crippen LogP contribution < -0.4 is 4.72 Å². The zero-order valence-corrected chi connectivity index (χ0v) is 13.7. The third kappa shape index (κ3) is 3.85. The van der Waals surface area contributed by atoms with E-state index in [-0.39, 0.29) is 16.7 Å². The second-order valence-corrected chi connectivity index (χ2v) is 6.96. The fourth-order valence-corrected chi connectivity index (χ4v) is 4.45. The fourth-order valence-electron chi connectivity index (χ4n) is 1.69. The summed E-state index contributed by atoms with van der Waals surface area (Å²) in [5.74, 6) is 0.272. The number of alkyl halides is 2. The van der Waals surface area contributed by atoms with Crippen molar-refractivity contribution in [3.05, 3.63) is 29.3 Å². The summed E-state index contributed by atoms with van der Waals surface area (Å²) in [5, 5.41) is 0. The Balaban J connectivity index is 3.21. The highest BCUT2D eigenvalue weighted by Crippen LogP contribution is 2.22. The number of rotatable bonds is 6. The van der Waals surface area contributed by atoms with E-state index in [4.69, 9.17) is 23.2 Å². The van der Waals surface area contributed by atoms with Gasteiger partial charge in [-0.25, -0.2) is 13.1 Å². The van der Waals surface area contributed by atoms with Crippen LogP contribution in [0.1, 0.15) is 24.5 Å². The normalized spacial score (nSPS) is 12.7. The van der Waals surface area contributed by atoms with Gasteiger partial charge in [-0.05, 0) is 37.5 Å². The van der Waals surface area contributed by atoms with Gasteiger partial charge in [0.05, 0.1) is 10.4 Å². The Hall–Kier alpha value is -0.290. The standard InChI is InChI=1S/C13H19Cl2NO2S/c1-4-13(8-14,9-15)16-19(17,18)12-7-10(2)5-6-11(12)3/h5-7,16H,4,8-9H2,1-3H3. The summed E-state index contributed by atoms with van der Waals surface area (Å²) in [6.07, 6.45) is 0.532. The van der Waals surface area contributed by atoms with Crippen LogP contribution in [0.25, 0.3) is 0 Å². The van der Waals surface area contributed by atoms with Crippen molar-refractivity contribution in [3.8, 4) is 0 Å². The van der Waals surface area contributed by atoms with E-state index < -0.39 is 15.6 Å². The maximum absolute atomic E-state index is 12.5. The van der Waals surface area contributed by atoms with Crippen LogP contribution in [-0.2, 0) is 10.0 Å². The van der Waals surface area contributed by atoms with Gasteiger partial charge < -0.3 is 0 Å². The van der Waals surface area contributed by atoms with E-state index in [1.54, 1.807) is 19.1 Å². The van der Waals surface area contributed by atoms with Gasteiger partial charge in [0.1, 0.15) is 0 Å². The average molecular weight is 324 g/mol. The van der Waals surface area contributed by atoms with Gasteiger partial charge in [-0.1, -0.05) is 19.1 Å². The maximum atomic E-state index is 12.5. The van der Waals surface area contributed by atoms with Crippen molar-refractivity contribution in [2.75, 3.05) is 11.8 Å². The molecule has 0 spiro atoms. The zero-order chi connectivity index (χ0) is 14.7. The summed E-state index contributed by atoms with van der Waals surface area (Å²) in [7, 11) is -3.63. The molecule has 6 heteroatoms. The Morgan fingerprint density at radius 2 is 1.79 bits per heavy atom. The summed E-state index contributed by atoms with van der Waals surface area (Å²) < 4.78 is 27.6. The van der Waals surface area contributed by atoms with E-state index in [2.05, 4.69) is 4.72 Å². The lowest BCUT2D eigenvalue weighted by atomic mass is 10.0. The Morgan fingerprint density at radius 1 is 1.21 bits per heavy atom. The summed E-state index contributed by atoms with van der Waals surface area (Å²) in [6, 6.07) is 5.32. The monoisotopic (exact) mass is 323 g/mol. The van der Waals surface area contributed by atoms with Gasteiger partial charge in [-0.3, -0.25) is 0 Å². The first-order chi connectivity index (χ1) is 8.80. The van der Waals surface area contributed by atoms with Crippen LogP contribution in [0, 0.1) is 13.8 Å². The molecule has 0 aromatic heterocycles. The van der Waals surface area contributed by atoms with Crippen molar-refractivity contribution in [2.24, 2.45) is 0 Å². The van der Waals surface area contributed by atoms with Gasteiger partial charge in [0, 0.05) is 11.8 Å². The minimum Gasteiger partial charge on any atom is -0.207 e. The Bertz CT molecular complexity index is 531. The molecule has 3 nitrogen and oxygen atoms in total. The number of sulfonamides is 1. The van der Waals surface area contributed by atoms with Crippen LogP contribution in [0.5, 0.6) is 0 Å². The Kier molecular flexibility index (Phi) is 5.68. The van der Waals surface area contributed by atoms with Crippen molar-refractivity contribution in [3.63, 3.8) is 0 Å². The molecule has 1 aromatic carbocycles. The van der Waals surface area contributed by atoms with E-state index in [1.807, 2.05) is 19.9 Å². The van der Waals surface area contributed by atoms with Crippen LogP contribution >= 0.6 is 23.2 Å². The number of hydrogen-bond acceptors (Lipinski definition) is 2. The van der Waals surface area contributed by atoms with Gasteiger partial charge in [-0.15, -0.1) is 23.2 Å². The molecule has 0 radical (unpaired) electrons. The molecule has 0 amide bonds. The van der Waals surface area contributed by atoms with Crippen molar-refractivity contribution in [1.29, 1.82) is 0 Å². The number of nitrogens with one attached hydrogen (secondary N) is 1. The van der Waals surface area contributed by atoms with Gasteiger partial charge in [0.2, 0.25) is 10.0 Å². The minimum absolute atomic E-state index is 0.136. The number of hydrogen-bond donors (Lipinski definition) is 1. The minimum atomic E-state index is -3.63. The highest BCUT2D eigenvalue weighted by atomic mass is 35.5. The Labute approximate surface area is 125 Å². The third-order valence-corrected chi connectivity index (χ3v) is 5.92. The molecule has 0 fully saturated rings. The summed E-state index contributed by atoms with van der Waals surface area (Å²) in [6.45, 7) is 5.48. The summed E-state index contributed by atoms with van der Waals surface area (Å²) >= 11 is 11.8. The van der Waals surface area contributed by atoms with Crippen LogP contribution in [0.4, 0.5) is 0 Å². The van der Waals surface area contributed by atoms with E-state index in [9.17, 15) is 8.42 Å². The van der Waals surface area contributed by atoms with Crippen molar-refractivity contribution in [1.82, 2.24) is 4.72 Å². The first-order valence-corrected chi connectivity index (χ1v) is 8.58. The number of benzene rings is 1. The smallest absolute Gasteiger partial charge is 0.207 e. The Morgan fingerprint density at radius 3 is 2.26 bits per heavy atom. The predicted octanol–water partition coefficient (Wildman–Crippen LogP) is 3.21. The SMILES string of the molecule is CCC(CCl)(CCl)NS(=O)(=O)c1cc(C)ccc1C. The highest BCUT2D eigenvalue weighted by Gasteiger charge is 2.32. The topological polar surface area (TPSA) is 46.2 Å². The van der Waals surface area contributed by atoms with E-state index >= 15 is 0 Å². The molecule has 0 unspecified atom stereocenters. The lowest BCUT2D eigenvalue weighted by Crippen LogP contribution is -2.51. The molecule has 19 heavy (non-hydrogen) atoms. The molecule has 1 N–H and O–H groups in total. The van der Waals surface area contributed by atoms with Crippen molar-refractivity contribution >= 4 is 33.2 Å². The van der Waals surface area contributed by atoms with E-state index in [0.717, 1.165) is 5.56 Å². The van der Waals surface area contributed by atoms with Gasteiger partial charge in [0.25, 0.3) is 0 Å². The lowest BCUT2D eigenvalue weighted by Gasteiger charge is -2.29. The third-order valence-electron chi connectivity index (χ3n) is 3.17. The number of aryl methyl sites for hydroxylation is 2. The van der Waals surface area contributed by atoms with E-state index in [0.29, 0.717) is 12.0 Å².